The SMILES string of the molecule is CCCN1CC(Oc2ccc([C@@H]3c4[nH]c5ccccc5c4C[C@@H](C)N3CC(C)(C)F)cc2F)C1. The number of hydrogen-bond donors (Lipinski definition) is 1. The average molecular weight is 468 g/mol. The van der Waals surface area contributed by atoms with E-state index in [9.17, 15) is 4.39 Å². The normalized spacial score (nSPS) is 22.1. The molecule has 182 valence electrons. The molecule has 2 atom stereocenters. The van der Waals surface area contributed by atoms with E-state index in [1.165, 1.54) is 10.9 Å². The van der Waals surface area contributed by atoms with E-state index in [1.54, 1.807) is 26.0 Å². The van der Waals surface area contributed by atoms with Crippen molar-refractivity contribution in [2.45, 2.75) is 64.4 Å². The third kappa shape index (κ3) is 4.46. The van der Waals surface area contributed by atoms with Crippen LogP contribution in [0.25, 0.3) is 10.9 Å². The van der Waals surface area contributed by atoms with E-state index < -0.39 is 5.67 Å². The number of nitrogens with one attached hydrogen (secondary N) is 1. The molecule has 1 N–H and O–H groups in total. The second-order valence-corrected chi connectivity index (χ2v) is 10.6. The molecule has 0 saturated carbocycles. The van der Waals surface area contributed by atoms with Crippen molar-refractivity contribution >= 4 is 10.9 Å². The number of para-hydroxylation sites is 1. The highest BCUT2D eigenvalue weighted by molar-refractivity contribution is 5.85. The standard InChI is InChI=1S/C28H35F2N3O/c1-5-12-32-15-20(16-32)34-25-11-10-19(14-23(25)29)27-26-22(21-8-6-7-9-24(21)31-26)13-18(2)33(27)17-28(3,4)30/h6-11,14,18,20,27,31H,5,12-13,15-17H2,1-4H3/t18-,27-/m1/s1. The van der Waals surface area contributed by atoms with Crippen LogP contribution in [0, 0.1) is 5.82 Å². The zero-order chi connectivity index (χ0) is 24.0. The van der Waals surface area contributed by atoms with Crippen molar-refractivity contribution in [3.63, 3.8) is 0 Å². The molecule has 6 heteroatoms. The van der Waals surface area contributed by atoms with Crippen molar-refractivity contribution in [2.24, 2.45) is 0 Å². The lowest BCUT2D eigenvalue weighted by Gasteiger charge is -2.43. The van der Waals surface area contributed by atoms with Gasteiger partial charge in [0, 0.05) is 42.3 Å². The van der Waals surface area contributed by atoms with Crippen LogP contribution in [-0.2, 0) is 6.42 Å². The summed E-state index contributed by atoms with van der Waals surface area (Å²) in [5, 5.41) is 1.19. The predicted octanol–water partition coefficient (Wildman–Crippen LogP) is 5.86. The van der Waals surface area contributed by atoms with E-state index >= 15 is 4.39 Å². The van der Waals surface area contributed by atoms with Crippen molar-refractivity contribution in [3.8, 4) is 5.75 Å². The van der Waals surface area contributed by atoms with Crippen molar-refractivity contribution in [1.29, 1.82) is 0 Å². The van der Waals surface area contributed by atoms with Crippen LogP contribution in [0.15, 0.2) is 42.5 Å². The highest BCUT2D eigenvalue weighted by Gasteiger charge is 2.39. The van der Waals surface area contributed by atoms with Gasteiger partial charge in [-0.25, -0.2) is 8.78 Å². The number of benzene rings is 2. The van der Waals surface area contributed by atoms with Crippen LogP contribution < -0.4 is 4.74 Å². The number of halogens is 2. The predicted molar refractivity (Wildman–Crippen MR) is 133 cm³/mol. The third-order valence-corrected chi connectivity index (χ3v) is 7.10. The van der Waals surface area contributed by atoms with Crippen LogP contribution in [0.1, 0.15) is 57.0 Å². The quantitative estimate of drug-likeness (QED) is 0.472. The number of aromatic amines is 1. The molecule has 1 fully saturated rings. The van der Waals surface area contributed by atoms with Crippen molar-refractivity contribution in [3.05, 3.63) is 65.1 Å². The Balaban J connectivity index is 1.49. The van der Waals surface area contributed by atoms with Gasteiger partial charge in [0.2, 0.25) is 0 Å². The second kappa shape index (κ2) is 8.97. The molecule has 0 bridgehead atoms. The summed E-state index contributed by atoms with van der Waals surface area (Å²) >= 11 is 0. The maximum atomic E-state index is 15.3. The summed E-state index contributed by atoms with van der Waals surface area (Å²) in [7, 11) is 0. The molecule has 0 amide bonds. The fourth-order valence-corrected chi connectivity index (χ4v) is 5.60. The summed E-state index contributed by atoms with van der Waals surface area (Å²) < 4.78 is 36.1. The number of ether oxygens (including phenoxy) is 1. The fraction of sp³-hybridized carbons (Fsp3) is 0.500. The van der Waals surface area contributed by atoms with Gasteiger partial charge in [-0.05, 0) is 69.5 Å². The molecule has 3 heterocycles. The molecule has 0 unspecified atom stereocenters. The number of fused-ring (bicyclic) bond motifs is 3. The molecule has 3 aromatic rings. The number of alkyl halides is 1. The molecule has 34 heavy (non-hydrogen) atoms. The first-order valence-electron chi connectivity index (χ1n) is 12.5. The maximum Gasteiger partial charge on any atom is 0.165 e. The average Bonchev–Trinajstić information content (AvgIpc) is 3.11. The number of rotatable bonds is 7. The van der Waals surface area contributed by atoms with Crippen molar-refractivity contribution in [1.82, 2.24) is 14.8 Å². The Bertz CT molecular complexity index is 1160. The molecule has 4 nitrogen and oxygen atoms in total. The second-order valence-electron chi connectivity index (χ2n) is 10.6. The van der Waals surface area contributed by atoms with Gasteiger partial charge in [0.1, 0.15) is 11.8 Å². The molecule has 2 aliphatic rings. The first kappa shape index (κ1) is 23.3. The lowest BCUT2D eigenvalue weighted by Crippen LogP contribution is -2.53. The first-order valence-corrected chi connectivity index (χ1v) is 12.5. The molecule has 0 spiro atoms. The highest BCUT2D eigenvalue weighted by atomic mass is 19.1. The van der Waals surface area contributed by atoms with Crippen LogP contribution in [0.4, 0.5) is 8.78 Å². The molecule has 2 aliphatic heterocycles. The van der Waals surface area contributed by atoms with E-state index in [4.69, 9.17) is 4.74 Å². The topological polar surface area (TPSA) is 31.5 Å². The van der Waals surface area contributed by atoms with Crippen molar-refractivity contribution in [2.75, 3.05) is 26.2 Å². The number of likely N-dealkylation sites (tertiary alicyclic amines) is 1. The van der Waals surface area contributed by atoms with Gasteiger partial charge in [-0.3, -0.25) is 9.80 Å². The number of hydrogen-bond acceptors (Lipinski definition) is 3. The van der Waals surface area contributed by atoms with E-state index in [-0.39, 0.29) is 30.5 Å². The van der Waals surface area contributed by atoms with Gasteiger partial charge in [0.05, 0.1) is 6.04 Å². The Kier molecular flexibility index (Phi) is 6.15. The Labute approximate surface area is 200 Å². The highest BCUT2D eigenvalue weighted by Crippen LogP contribution is 2.42. The zero-order valence-electron chi connectivity index (χ0n) is 20.6. The van der Waals surface area contributed by atoms with Gasteiger partial charge in [0.15, 0.2) is 11.6 Å². The van der Waals surface area contributed by atoms with Gasteiger partial charge in [0.25, 0.3) is 0 Å². The summed E-state index contributed by atoms with van der Waals surface area (Å²) in [5.41, 5.74) is 2.78. The molecule has 0 radical (unpaired) electrons. The summed E-state index contributed by atoms with van der Waals surface area (Å²) in [5.74, 6) is -0.0650. The van der Waals surface area contributed by atoms with Gasteiger partial charge in [-0.2, -0.15) is 0 Å². The molecule has 0 aliphatic carbocycles. The van der Waals surface area contributed by atoms with E-state index in [0.29, 0.717) is 5.75 Å². The van der Waals surface area contributed by atoms with Gasteiger partial charge in [-0.1, -0.05) is 31.2 Å². The van der Waals surface area contributed by atoms with E-state index in [0.717, 1.165) is 49.2 Å². The molecule has 5 rings (SSSR count). The van der Waals surface area contributed by atoms with Crippen molar-refractivity contribution < 1.29 is 13.5 Å². The summed E-state index contributed by atoms with van der Waals surface area (Å²) in [6.45, 7) is 10.5. The molecule has 2 aromatic carbocycles. The first-order chi connectivity index (χ1) is 16.2. The van der Waals surface area contributed by atoms with Crippen LogP contribution >= 0.6 is 0 Å². The number of nitrogens with zero attached hydrogens (tertiary/aromatic N) is 2. The van der Waals surface area contributed by atoms with Crippen LogP contribution in [0.5, 0.6) is 5.75 Å². The zero-order valence-corrected chi connectivity index (χ0v) is 20.6. The van der Waals surface area contributed by atoms with Crippen LogP contribution in [0.3, 0.4) is 0 Å². The third-order valence-electron chi connectivity index (χ3n) is 7.10. The number of aromatic nitrogens is 1. The minimum Gasteiger partial charge on any atom is -0.485 e. The molecule has 1 aromatic heterocycles. The minimum atomic E-state index is -1.37. The summed E-state index contributed by atoms with van der Waals surface area (Å²) in [4.78, 5) is 8.06. The van der Waals surface area contributed by atoms with E-state index in [1.807, 2.05) is 18.2 Å². The lowest BCUT2D eigenvalue weighted by atomic mass is 9.87. The van der Waals surface area contributed by atoms with Gasteiger partial charge in [-0.15, -0.1) is 0 Å². The minimum absolute atomic E-state index is 0.0331. The Morgan fingerprint density at radius 2 is 1.91 bits per heavy atom. The van der Waals surface area contributed by atoms with Gasteiger partial charge >= 0.3 is 0 Å². The summed E-state index contributed by atoms with van der Waals surface area (Å²) in [6.07, 6.45) is 1.97. The summed E-state index contributed by atoms with van der Waals surface area (Å²) in [6, 6.07) is 13.4. The monoisotopic (exact) mass is 467 g/mol. The molecular weight excluding hydrogens is 432 g/mol. The number of H-pyrrole nitrogens is 1. The Hall–Kier alpha value is -2.44. The Morgan fingerprint density at radius 3 is 2.62 bits per heavy atom. The van der Waals surface area contributed by atoms with Crippen LogP contribution in [-0.4, -0.2) is 58.8 Å². The smallest absolute Gasteiger partial charge is 0.165 e. The molecular formula is C28H35F2N3O. The Morgan fingerprint density at radius 1 is 1.15 bits per heavy atom. The molecule has 1 saturated heterocycles. The fourth-order valence-electron chi connectivity index (χ4n) is 5.60. The maximum absolute atomic E-state index is 15.3. The van der Waals surface area contributed by atoms with E-state index in [2.05, 4.69) is 40.8 Å². The lowest BCUT2D eigenvalue weighted by molar-refractivity contribution is 0.0178. The van der Waals surface area contributed by atoms with Crippen LogP contribution in [0.2, 0.25) is 0 Å². The van der Waals surface area contributed by atoms with Gasteiger partial charge < -0.3 is 9.72 Å². The largest absolute Gasteiger partial charge is 0.485 e.